The molecule has 2 aliphatic heterocycles. The monoisotopic (exact) mass is 361 g/mol. The van der Waals surface area contributed by atoms with Gasteiger partial charge in [-0.1, -0.05) is 12.8 Å². The van der Waals surface area contributed by atoms with Crippen molar-refractivity contribution in [2.24, 2.45) is 17.3 Å². The minimum atomic E-state index is -4.80. The standard InChI is InChI=1S/C17H26F3N3O2/c18-17(19,20)15(25)23-7-4-12(5-8-23)9-22-14(24)16-6-2-1-3-13(16)10-21-11-16/h12-13,21H,1-11H2,(H,22,24)/t13-,16+/m0/s1. The molecule has 3 aliphatic rings. The van der Waals surface area contributed by atoms with Crippen molar-refractivity contribution >= 4 is 11.8 Å². The number of carbonyl (C=O) groups excluding carboxylic acids is 2. The van der Waals surface area contributed by atoms with E-state index in [2.05, 4.69) is 10.6 Å². The zero-order valence-corrected chi connectivity index (χ0v) is 14.3. The summed E-state index contributed by atoms with van der Waals surface area (Å²) in [5.41, 5.74) is -0.300. The van der Waals surface area contributed by atoms with Crippen molar-refractivity contribution in [3.63, 3.8) is 0 Å². The van der Waals surface area contributed by atoms with E-state index in [0.29, 0.717) is 25.3 Å². The highest BCUT2D eigenvalue weighted by Gasteiger charge is 2.50. The van der Waals surface area contributed by atoms with E-state index in [0.717, 1.165) is 37.3 Å². The van der Waals surface area contributed by atoms with E-state index in [4.69, 9.17) is 0 Å². The normalized spacial score (nSPS) is 30.8. The van der Waals surface area contributed by atoms with Crippen molar-refractivity contribution in [1.82, 2.24) is 15.5 Å². The number of alkyl halides is 3. The van der Waals surface area contributed by atoms with Gasteiger partial charge in [-0.15, -0.1) is 0 Å². The van der Waals surface area contributed by atoms with Crippen molar-refractivity contribution in [3.05, 3.63) is 0 Å². The van der Waals surface area contributed by atoms with Crippen LogP contribution in [0.1, 0.15) is 38.5 Å². The molecule has 5 nitrogen and oxygen atoms in total. The van der Waals surface area contributed by atoms with Crippen LogP contribution < -0.4 is 10.6 Å². The lowest BCUT2D eigenvalue weighted by molar-refractivity contribution is -0.186. The summed E-state index contributed by atoms with van der Waals surface area (Å²) in [6, 6.07) is 0. The SMILES string of the molecule is O=C(N1CCC(CNC(=O)[C@@]23CCCC[C@H]2CNC3)CC1)C(F)(F)F. The molecule has 0 aromatic rings. The molecule has 0 spiro atoms. The predicted molar refractivity (Wildman–Crippen MR) is 85.6 cm³/mol. The summed E-state index contributed by atoms with van der Waals surface area (Å²) in [5.74, 6) is -1.13. The van der Waals surface area contributed by atoms with Crippen molar-refractivity contribution in [3.8, 4) is 0 Å². The highest BCUT2D eigenvalue weighted by molar-refractivity contribution is 5.84. The maximum atomic E-state index is 12.8. The summed E-state index contributed by atoms with van der Waals surface area (Å²) in [6.07, 6.45) is 0.434. The second kappa shape index (κ2) is 7.13. The third-order valence-electron chi connectivity index (χ3n) is 6.19. The third-order valence-corrected chi connectivity index (χ3v) is 6.19. The minimum Gasteiger partial charge on any atom is -0.355 e. The highest BCUT2D eigenvalue weighted by Crippen LogP contribution is 2.43. The molecule has 0 radical (unpaired) electrons. The van der Waals surface area contributed by atoms with E-state index in [1.807, 2.05) is 0 Å². The van der Waals surface area contributed by atoms with Crippen LogP contribution in [0.4, 0.5) is 13.2 Å². The summed E-state index contributed by atoms with van der Waals surface area (Å²) in [4.78, 5) is 24.9. The van der Waals surface area contributed by atoms with Crippen LogP contribution in [0.5, 0.6) is 0 Å². The van der Waals surface area contributed by atoms with Gasteiger partial charge >= 0.3 is 12.1 Å². The lowest BCUT2D eigenvalue weighted by atomic mass is 9.67. The molecular formula is C17H26F3N3O2. The van der Waals surface area contributed by atoms with Crippen LogP contribution in [-0.4, -0.2) is 55.6 Å². The zero-order valence-electron chi connectivity index (χ0n) is 14.3. The van der Waals surface area contributed by atoms with Gasteiger partial charge in [0.2, 0.25) is 5.91 Å². The number of fused-ring (bicyclic) bond motifs is 1. The molecule has 1 saturated carbocycles. The molecule has 0 aromatic carbocycles. The molecule has 0 bridgehead atoms. The lowest BCUT2D eigenvalue weighted by Gasteiger charge is -2.38. The first-order valence-electron chi connectivity index (χ1n) is 9.18. The fourth-order valence-electron chi connectivity index (χ4n) is 4.62. The van der Waals surface area contributed by atoms with Gasteiger partial charge in [0, 0.05) is 26.2 Å². The maximum Gasteiger partial charge on any atom is 0.471 e. The van der Waals surface area contributed by atoms with Crippen molar-refractivity contribution in [2.45, 2.75) is 44.7 Å². The lowest BCUT2D eigenvalue weighted by Crippen LogP contribution is -2.50. The summed E-state index contributed by atoms with van der Waals surface area (Å²) >= 11 is 0. The Morgan fingerprint density at radius 3 is 2.56 bits per heavy atom. The number of likely N-dealkylation sites (tertiary alicyclic amines) is 1. The van der Waals surface area contributed by atoms with Gasteiger partial charge in [-0.25, -0.2) is 0 Å². The van der Waals surface area contributed by atoms with Gasteiger partial charge in [0.15, 0.2) is 0 Å². The Bertz CT molecular complexity index is 518. The number of halogens is 3. The first-order valence-corrected chi connectivity index (χ1v) is 9.18. The number of hydrogen-bond donors (Lipinski definition) is 2. The molecule has 2 amide bonds. The molecule has 2 N–H and O–H groups in total. The largest absolute Gasteiger partial charge is 0.471 e. The molecule has 3 fully saturated rings. The number of nitrogens with zero attached hydrogens (tertiary/aromatic N) is 1. The van der Waals surface area contributed by atoms with Crippen LogP contribution in [0.25, 0.3) is 0 Å². The summed E-state index contributed by atoms with van der Waals surface area (Å²) in [7, 11) is 0. The van der Waals surface area contributed by atoms with Gasteiger partial charge in [0.1, 0.15) is 0 Å². The summed E-state index contributed by atoms with van der Waals surface area (Å²) in [6.45, 7) is 2.32. The van der Waals surface area contributed by atoms with E-state index in [-0.39, 0.29) is 30.3 Å². The number of amides is 2. The number of piperidine rings is 1. The zero-order chi connectivity index (χ0) is 18.1. The Kier molecular flexibility index (Phi) is 5.27. The number of rotatable bonds is 3. The van der Waals surface area contributed by atoms with Gasteiger partial charge in [0.25, 0.3) is 0 Å². The summed E-state index contributed by atoms with van der Waals surface area (Å²) < 4.78 is 37.4. The molecule has 3 rings (SSSR count). The molecule has 1 aliphatic carbocycles. The first kappa shape index (κ1) is 18.5. The molecule has 142 valence electrons. The van der Waals surface area contributed by atoms with Gasteiger partial charge in [0.05, 0.1) is 5.41 Å². The topological polar surface area (TPSA) is 61.4 Å². The number of nitrogens with one attached hydrogen (secondary N) is 2. The van der Waals surface area contributed by atoms with Crippen LogP contribution in [-0.2, 0) is 9.59 Å². The summed E-state index contributed by atoms with van der Waals surface area (Å²) in [5, 5.41) is 6.40. The fourth-order valence-corrected chi connectivity index (χ4v) is 4.62. The van der Waals surface area contributed by atoms with E-state index in [1.165, 1.54) is 6.42 Å². The van der Waals surface area contributed by atoms with Crippen LogP contribution in [0.2, 0.25) is 0 Å². The van der Waals surface area contributed by atoms with E-state index in [9.17, 15) is 22.8 Å². The fraction of sp³-hybridized carbons (Fsp3) is 0.882. The van der Waals surface area contributed by atoms with Gasteiger partial charge < -0.3 is 15.5 Å². The van der Waals surface area contributed by atoms with E-state index >= 15 is 0 Å². The van der Waals surface area contributed by atoms with Crippen LogP contribution in [0.3, 0.4) is 0 Å². The van der Waals surface area contributed by atoms with Gasteiger partial charge in [-0.05, 0) is 44.1 Å². The van der Waals surface area contributed by atoms with Crippen molar-refractivity contribution < 1.29 is 22.8 Å². The number of hydrogen-bond acceptors (Lipinski definition) is 3. The highest BCUT2D eigenvalue weighted by atomic mass is 19.4. The quantitative estimate of drug-likeness (QED) is 0.804. The van der Waals surface area contributed by atoms with Crippen LogP contribution >= 0.6 is 0 Å². The maximum absolute atomic E-state index is 12.8. The molecule has 2 atom stereocenters. The molecule has 2 saturated heterocycles. The smallest absolute Gasteiger partial charge is 0.355 e. The Morgan fingerprint density at radius 1 is 1.16 bits per heavy atom. The van der Waals surface area contributed by atoms with Gasteiger partial charge in [-0.3, -0.25) is 9.59 Å². The minimum absolute atomic E-state index is 0.0935. The predicted octanol–water partition coefficient (Wildman–Crippen LogP) is 1.68. The molecular weight excluding hydrogens is 335 g/mol. The van der Waals surface area contributed by atoms with Gasteiger partial charge in [-0.2, -0.15) is 13.2 Å². The molecule has 0 aromatic heterocycles. The van der Waals surface area contributed by atoms with Crippen LogP contribution in [0, 0.1) is 17.3 Å². The molecule has 8 heteroatoms. The molecule has 25 heavy (non-hydrogen) atoms. The number of carbonyl (C=O) groups is 2. The second-order valence-corrected chi connectivity index (χ2v) is 7.67. The van der Waals surface area contributed by atoms with E-state index in [1.54, 1.807) is 0 Å². The second-order valence-electron chi connectivity index (χ2n) is 7.67. The first-order chi connectivity index (χ1) is 11.8. The third kappa shape index (κ3) is 3.78. The Balaban J connectivity index is 1.47. The van der Waals surface area contributed by atoms with Crippen molar-refractivity contribution in [2.75, 3.05) is 32.7 Å². The van der Waals surface area contributed by atoms with E-state index < -0.39 is 12.1 Å². The average Bonchev–Trinajstić information content (AvgIpc) is 3.04. The molecule has 0 unspecified atom stereocenters. The molecule has 2 heterocycles. The average molecular weight is 361 g/mol. The Labute approximate surface area is 145 Å². The van der Waals surface area contributed by atoms with Crippen LogP contribution in [0.15, 0.2) is 0 Å². The van der Waals surface area contributed by atoms with Crippen molar-refractivity contribution in [1.29, 1.82) is 0 Å². The Hall–Kier alpha value is -1.31. The Morgan fingerprint density at radius 2 is 1.88 bits per heavy atom.